The van der Waals surface area contributed by atoms with Crippen LogP contribution in [0.5, 0.6) is 5.88 Å². The normalized spacial score (nSPS) is 15.8. The maximum absolute atomic E-state index is 15.4. The summed E-state index contributed by atoms with van der Waals surface area (Å²) in [5.41, 5.74) is 1.23. The fraction of sp³-hybridized carbons (Fsp3) is 0.385. The lowest BCUT2D eigenvalue weighted by atomic mass is 9.64. The monoisotopic (exact) mass is 593 g/mol. The highest BCUT2D eigenvalue weighted by Gasteiger charge is 2.54. The third kappa shape index (κ3) is 5.21. The van der Waals surface area contributed by atoms with Crippen molar-refractivity contribution in [2.45, 2.75) is 31.1 Å². The van der Waals surface area contributed by atoms with Crippen LogP contribution in [0.25, 0.3) is 22.0 Å². The van der Waals surface area contributed by atoms with Gasteiger partial charge in [-0.05, 0) is 25.0 Å². The Kier molecular flexibility index (Phi) is 7.17. The van der Waals surface area contributed by atoms with Gasteiger partial charge in [-0.15, -0.1) is 0 Å². The number of benzene rings is 1. The number of sulfonamides is 1. The third-order valence-electron chi connectivity index (χ3n) is 7.38. The van der Waals surface area contributed by atoms with E-state index in [1.807, 2.05) is 0 Å². The van der Waals surface area contributed by atoms with Gasteiger partial charge in [0.05, 0.1) is 42.2 Å². The van der Waals surface area contributed by atoms with Gasteiger partial charge < -0.3 is 14.7 Å². The predicted molar refractivity (Wildman–Crippen MR) is 143 cm³/mol. The van der Waals surface area contributed by atoms with Crippen LogP contribution in [0.15, 0.2) is 30.6 Å². The minimum Gasteiger partial charge on any atom is -0.474 e. The van der Waals surface area contributed by atoms with Gasteiger partial charge in [0.15, 0.2) is 0 Å². The molecule has 1 spiro atoms. The number of pyridine rings is 2. The summed E-state index contributed by atoms with van der Waals surface area (Å²) in [6.45, 7) is -1.87. The summed E-state index contributed by atoms with van der Waals surface area (Å²) in [4.78, 5) is 34.8. The summed E-state index contributed by atoms with van der Waals surface area (Å²) in [7, 11) is -2.18. The standard InChI is InChI=1S/C26H26F3N5O6S/c1-33-20-12-30-18-10-17(27)15(9-16(18)22(20)26(24(33)35)4-3-5-26)14-8-19(32-41(2,38)39)23(31-11-14)40-7-6-34(25(36)37)13-21(28)29/h8-12,21,32H,3-7,13H2,1-2H3,(H,36,37). The molecule has 5 rings (SSSR count). The van der Waals surface area contributed by atoms with E-state index in [4.69, 9.17) is 9.84 Å². The molecule has 11 nitrogen and oxygen atoms in total. The molecule has 15 heteroatoms. The van der Waals surface area contributed by atoms with Crippen molar-refractivity contribution in [3.63, 3.8) is 0 Å². The topological polar surface area (TPSA) is 142 Å². The number of ether oxygens (including phenoxy) is 1. The number of nitrogens with one attached hydrogen (secondary N) is 1. The highest BCUT2D eigenvalue weighted by Crippen LogP contribution is 2.55. The number of nitrogens with zero attached hydrogens (tertiary/aromatic N) is 4. The molecule has 1 fully saturated rings. The molecule has 2 N–H and O–H groups in total. The van der Waals surface area contributed by atoms with Crippen LogP contribution >= 0.6 is 0 Å². The molecule has 1 aliphatic heterocycles. The maximum Gasteiger partial charge on any atom is 0.407 e. The number of carboxylic acid groups (broad SMARTS) is 1. The van der Waals surface area contributed by atoms with Crippen molar-refractivity contribution in [1.82, 2.24) is 14.9 Å². The largest absolute Gasteiger partial charge is 0.474 e. The molecular formula is C26H26F3N5O6S. The third-order valence-corrected chi connectivity index (χ3v) is 7.97. The van der Waals surface area contributed by atoms with E-state index in [1.54, 1.807) is 24.2 Å². The van der Waals surface area contributed by atoms with Crippen LogP contribution in [0.4, 0.5) is 29.3 Å². The van der Waals surface area contributed by atoms with Gasteiger partial charge in [0.2, 0.25) is 21.8 Å². The Balaban J connectivity index is 1.53. The molecule has 3 heterocycles. The Bertz CT molecular complexity index is 1670. The fourth-order valence-electron chi connectivity index (χ4n) is 5.38. The molecule has 1 aliphatic carbocycles. The molecule has 0 bridgehead atoms. The highest BCUT2D eigenvalue weighted by atomic mass is 32.2. The van der Waals surface area contributed by atoms with Gasteiger partial charge >= 0.3 is 6.09 Å². The quantitative estimate of drug-likeness (QED) is 0.381. The van der Waals surface area contributed by atoms with E-state index in [-0.39, 0.29) is 28.6 Å². The second-order valence-electron chi connectivity index (χ2n) is 10.1. The van der Waals surface area contributed by atoms with Crippen molar-refractivity contribution < 1.29 is 41.0 Å². The van der Waals surface area contributed by atoms with E-state index in [0.717, 1.165) is 18.2 Å². The highest BCUT2D eigenvalue weighted by molar-refractivity contribution is 7.92. The molecule has 1 saturated carbocycles. The van der Waals surface area contributed by atoms with Gasteiger partial charge in [0.1, 0.15) is 18.1 Å². The van der Waals surface area contributed by atoms with E-state index in [1.165, 1.54) is 18.3 Å². The number of aromatic nitrogens is 2. The van der Waals surface area contributed by atoms with E-state index < -0.39 is 53.5 Å². The average Bonchev–Trinajstić information content (AvgIpc) is 3.09. The summed E-state index contributed by atoms with van der Waals surface area (Å²) in [5.74, 6) is -0.946. The number of hydrogen-bond donors (Lipinski definition) is 2. The Labute approximate surface area is 233 Å². The van der Waals surface area contributed by atoms with Gasteiger partial charge in [-0.3, -0.25) is 19.4 Å². The minimum absolute atomic E-state index is 0.0308. The Hall–Kier alpha value is -4.14. The van der Waals surface area contributed by atoms with E-state index >= 15 is 4.39 Å². The first-order valence-corrected chi connectivity index (χ1v) is 14.5. The first kappa shape index (κ1) is 28.4. The maximum atomic E-state index is 15.4. The SMILES string of the molecule is CN1C(=O)C2(CCC2)c2c1cnc1cc(F)c(-c3cnc(OCCN(CC(F)F)C(=O)O)c(NS(C)(=O)=O)c3)cc21. The predicted octanol–water partition coefficient (Wildman–Crippen LogP) is 3.83. The molecular weight excluding hydrogens is 567 g/mol. The molecule has 0 radical (unpaired) electrons. The number of fused-ring (bicyclic) bond motifs is 4. The van der Waals surface area contributed by atoms with E-state index in [0.29, 0.717) is 34.3 Å². The summed E-state index contributed by atoms with van der Waals surface area (Å²) in [5, 5.41) is 9.70. The van der Waals surface area contributed by atoms with Crippen molar-refractivity contribution in [2.24, 2.45) is 0 Å². The van der Waals surface area contributed by atoms with Crippen molar-refractivity contribution in [3.8, 4) is 17.0 Å². The fourth-order valence-corrected chi connectivity index (χ4v) is 5.93. The second-order valence-corrected chi connectivity index (χ2v) is 11.8. The number of halogens is 3. The molecule has 2 amide bonds. The average molecular weight is 594 g/mol. The van der Waals surface area contributed by atoms with Gasteiger partial charge in [0.25, 0.3) is 6.43 Å². The number of anilines is 2. The zero-order valence-corrected chi connectivity index (χ0v) is 22.8. The van der Waals surface area contributed by atoms with Gasteiger partial charge in [0, 0.05) is 41.4 Å². The number of likely N-dealkylation sites (N-methyl/N-ethyl adjacent to an activating group) is 1. The van der Waals surface area contributed by atoms with Crippen molar-refractivity contribution in [1.29, 1.82) is 0 Å². The summed E-state index contributed by atoms with van der Waals surface area (Å²) < 4.78 is 72.5. The van der Waals surface area contributed by atoms with Gasteiger partial charge in [-0.25, -0.2) is 31.4 Å². The number of alkyl halides is 2. The van der Waals surface area contributed by atoms with E-state index in [9.17, 15) is 26.8 Å². The van der Waals surface area contributed by atoms with Crippen LogP contribution in [-0.4, -0.2) is 79.8 Å². The lowest BCUT2D eigenvalue weighted by Crippen LogP contribution is -2.43. The van der Waals surface area contributed by atoms with Crippen LogP contribution in [0.3, 0.4) is 0 Å². The molecule has 3 aromatic rings. The first-order valence-electron chi connectivity index (χ1n) is 12.6. The number of carbonyl (C=O) groups is 2. The lowest BCUT2D eigenvalue weighted by molar-refractivity contribution is -0.125. The molecule has 0 saturated heterocycles. The molecule has 2 aliphatic rings. The zero-order valence-electron chi connectivity index (χ0n) is 22.0. The second kappa shape index (κ2) is 10.4. The first-order chi connectivity index (χ1) is 19.3. The smallest absolute Gasteiger partial charge is 0.407 e. The molecule has 41 heavy (non-hydrogen) atoms. The number of carbonyl (C=O) groups excluding carboxylic acids is 1. The van der Waals surface area contributed by atoms with Crippen molar-refractivity contribution in [3.05, 3.63) is 42.0 Å². The Morgan fingerprint density at radius 1 is 1.24 bits per heavy atom. The molecule has 0 atom stereocenters. The van der Waals surface area contributed by atoms with Crippen LogP contribution < -0.4 is 14.4 Å². The number of rotatable bonds is 9. The van der Waals surface area contributed by atoms with Gasteiger partial charge in [-0.2, -0.15) is 0 Å². The lowest BCUT2D eigenvalue weighted by Gasteiger charge is -2.37. The Morgan fingerprint density at radius 2 is 1.98 bits per heavy atom. The van der Waals surface area contributed by atoms with Crippen LogP contribution in [-0.2, 0) is 20.2 Å². The number of amides is 2. The summed E-state index contributed by atoms with van der Waals surface area (Å²) >= 11 is 0. The molecule has 218 valence electrons. The number of hydrogen-bond acceptors (Lipinski definition) is 7. The minimum atomic E-state index is -3.87. The van der Waals surface area contributed by atoms with Crippen LogP contribution in [0, 0.1) is 5.82 Å². The molecule has 0 unspecified atom stereocenters. The van der Waals surface area contributed by atoms with Crippen LogP contribution in [0.2, 0.25) is 0 Å². The van der Waals surface area contributed by atoms with Crippen molar-refractivity contribution in [2.75, 3.05) is 42.6 Å². The summed E-state index contributed by atoms with van der Waals surface area (Å²) in [6.07, 6.45) is 1.45. The Morgan fingerprint density at radius 3 is 2.59 bits per heavy atom. The van der Waals surface area contributed by atoms with Crippen molar-refractivity contribution >= 4 is 44.3 Å². The summed E-state index contributed by atoms with van der Waals surface area (Å²) in [6, 6.07) is 4.12. The molecule has 2 aromatic heterocycles. The van der Waals surface area contributed by atoms with E-state index in [2.05, 4.69) is 14.7 Å². The van der Waals surface area contributed by atoms with Gasteiger partial charge in [-0.1, -0.05) is 6.42 Å². The molecule has 1 aromatic carbocycles. The zero-order chi connectivity index (χ0) is 29.7. The van der Waals surface area contributed by atoms with Crippen LogP contribution in [0.1, 0.15) is 24.8 Å².